The highest BCUT2D eigenvalue weighted by atomic mass is 28.4. The Labute approximate surface area is 145 Å². The van der Waals surface area contributed by atoms with Crippen LogP contribution in [0.5, 0.6) is 0 Å². The predicted molar refractivity (Wildman–Crippen MR) is 99.6 cm³/mol. The van der Waals surface area contributed by atoms with Gasteiger partial charge in [-0.25, -0.2) is 0 Å². The van der Waals surface area contributed by atoms with Crippen molar-refractivity contribution in [3.63, 3.8) is 0 Å². The van der Waals surface area contributed by atoms with Crippen LogP contribution < -0.4 is 4.98 Å². The molecule has 2 fully saturated rings. The van der Waals surface area contributed by atoms with Gasteiger partial charge < -0.3 is 8.85 Å². The first-order valence-corrected chi connectivity index (χ1v) is 12.2. The molecule has 23 heavy (non-hydrogen) atoms. The van der Waals surface area contributed by atoms with Gasteiger partial charge in [-0.3, -0.25) is 4.98 Å². The van der Waals surface area contributed by atoms with E-state index in [0.717, 1.165) is 32.0 Å². The van der Waals surface area contributed by atoms with Gasteiger partial charge in [0, 0.05) is 24.8 Å². The zero-order chi connectivity index (χ0) is 16.5. The highest BCUT2D eigenvalue weighted by molar-refractivity contribution is 6.66. The molecule has 0 aliphatic heterocycles. The largest absolute Gasteiger partial charge is 0.428 e. The normalized spacial score (nSPS) is 27.3. The molecular formula is C19H39NO2Si. The van der Waals surface area contributed by atoms with Gasteiger partial charge in [-0.05, 0) is 38.0 Å². The van der Waals surface area contributed by atoms with Crippen LogP contribution in [0.15, 0.2) is 0 Å². The van der Waals surface area contributed by atoms with Crippen LogP contribution in [-0.2, 0) is 8.85 Å². The molecule has 1 N–H and O–H groups in total. The van der Waals surface area contributed by atoms with Crippen LogP contribution in [0.4, 0.5) is 0 Å². The van der Waals surface area contributed by atoms with Crippen LogP contribution in [0.1, 0.15) is 91.4 Å². The van der Waals surface area contributed by atoms with E-state index in [1.807, 2.05) is 0 Å². The van der Waals surface area contributed by atoms with Crippen molar-refractivity contribution in [1.82, 2.24) is 4.98 Å². The SMILES string of the molecule is CCCO[Si](NC1CCCCC1)(OCCC)C1CCCCC1C. The summed E-state index contributed by atoms with van der Waals surface area (Å²) < 4.78 is 13.2. The second-order valence-electron chi connectivity index (χ2n) is 7.71. The maximum absolute atomic E-state index is 6.60. The van der Waals surface area contributed by atoms with Gasteiger partial charge >= 0.3 is 8.72 Å². The van der Waals surface area contributed by atoms with E-state index >= 15 is 0 Å². The van der Waals surface area contributed by atoms with Crippen LogP contribution in [0, 0.1) is 5.92 Å². The highest BCUT2D eigenvalue weighted by Gasteiger charge is 2.51. The van der Waals surface area contributed by atoms with Gasteiger partial charge in [0.05, 0.1) is 0 Å². The van der Waals surface area contributed by atoms with Crippen molar-refractivity contribution in [1.29, 1.82) is 0 Å². The number of nitrogens with one attached hydrogen (secondary N) is 1. The Kier molecular flexibility index (Phi) is 8.59. The quantitative estimate of drug-likeness (QED) is 0.579. The van der Waals surface area contributed by atoms with E-state index in [9.17, 15) is 0 Å². The fourth-order valence-electron chi connectivity index (χ4n) is 4.37. The van der Waals surface area contributed by atoms with Crippen molar-refractivity contribution in [2.24, 2.45) is 5.92 Å². The third-order valence-corrected chi connectivity index (χ3v) is 9.56. The molecule has 0 aromatic carbocycles. The maximum Gasteiger partial charge on any atom is 0.428 e. The van der Waals surface area contributed by atoms with Gasteiger partial charge in [-0.2, -0.15) is 0 Å². The van der Waals surface area contributed by atoms with Crippen LogP contribution in [0.3, 0.4) is 0 Å². The van der Waals surface area contributed by atoms with Crippen molar-refractivity contribution in [2.75, 3.05) is 13.2 Å². The molecule has 0 spiro atoms. The summed E-state index contributed by atoms with van der Waals surface area (Å²) in [7, 11) is -2.34. The monoisotopic (exact) mass is 341 g/mol. The minimum Gasteiger partial charge on any atom is -0.383 e. The average Bonchev–Trinajstić information content (AvgIpc) is 2.59. The third kappa shape index (κ3) is 5.55. The minimum absolute atomic E-state index is 0.622. The first-order chi connectivity index (χ1) is 11.2. The average molecular weight is 342 g/mol. The van der Waals surface area contributed by atoms with Crippen LogP contribution in [0.2, 0.25) is 5.54 Å². The van der Waals surface area contributed by atoms with Crippen LogP contribution in [-0.4, -0.2) is 28.0 Å². The molecule has 0 bridgehead atoms. The molecule has 2 atom stereocenters. The van der Waals surface area contributed by atoms with Gasteiger partial charge in [0.2, 0.25) is 0 Å². The Balaban J connectivity index is 2.15. The lowest BCUT2D eigenvalue weighted by atomic mass is 9.90. The predicted octanol–water partition coefficient (Wildman–Crippen LogP) is 5.28. The number of rotatable bonds is 9. The molecule has 2 aliphatic rings. The summed E-state index contributed by atoms with van der Waals surface area (Å²) in [5, 5.41) is 0. The van der Waals surface area contributed by atoms with Crippen molar-refractivity contribution in [2.45, 2.75) is 103 Å². The van der Waals surface area contributed by atoms with E-state index in [-0.39, 0.29) is 0 Å². The van der Waals surface area contributed by atoms with E-state index in [0.29, 0.717) is 11.6 Å². The molecule has 0 heterocycles. The summed E-state index contributed by atoms with van der Waals surface area (Å²) in [4.78, 5) is 4.03. The summed E-state index contributed by atoms with van der Waals surface area (Å²) >= 11 is 0. The van der Waals surface area contributed by atoms with Gasteiger partial charge in [0.25, 0.3) is 0 Å². The Morgan fingerprint density at radius 1 is 0.826 bits per heavy atom. The van der Waals surface area contributed by atoms with Gasteiger partial charge in [0.15, 0.2) is 0 Å². The maximum atomic E-state index is 6.60. The zero-order valence-electron chi connectivity index (χ0n) is 15.7. The summed E-state index contributed by atoms with van der Waals surface area (Å²) in [5.41, 5.74) is 0.622. The van der Waals surface area contributed by atoms with E-state index < -0.39 is 8.72 Å². The van der Waals surface area contributed by atoms with Gasteiger partial charge in [0.1, 0.15) is 0 Å². The Bertz CT molecular complexity index is 312. The molecule has 0 aromatic rings. The van der Waals surface area contributed by atoms with E-state index in [1.165, 1.54) is 57.8 Å². The molecule has 0 radical (unpaired) electrons. The molecule has 2 unspecified atom stereocenters. The van der Waals surface area contributed by atoms with Gasteiger partial charge in [-0.15, -0.1) is 0 Å². The first kappa shape index (κ1) is 19.4. The molecule has 0 saturated heterocycles. The lowest BCUT2D eigenvalue weighted by Gasteiger charge is -2.44. The highest BCUT2D eigenvalue weighted by Crippen LogP contribution is 2.42. The smallest absolute Gasteiger partial charge is 0.383 e. The molecule has 4 heteroatoms. The lowest BCUT2D eigenvalue weighted by molar-refractivity contribution is 0.123. The second-order valence-corrected chi connectivity index (χ2v) is 10.7. The van der Waals surface area contributed by atoms with Crippen LogP contribution in [0.25, 0.3) is 0 Å². The Hall–Kier alpha value is 0.0969. The molecule has 2 saturated carbocycles. The topological polar surface area (TPSA) is 30.5 Å². The summed E-state index contributed by atoms with van der Waals surface area (Å²) in [6.45, 7) is 8.55. The number of hydrogen-bond acceptors (Lipinski definition) is 3. The summed E-state index contributed by atoms with van der Waals surface area (Å²) in [6, 6.07) is 0.623. The summed E-state index contributed by atoms with van der Waals surface area (Å²) in [5.74, 6) is 0.736. The van der Waals surface area contributed by atoms with E-state index in [2.05, 4.69) is 25.8 Å². The molecule has 3 nitrogen and oxygen atoms in total. The third-order valence-electron chi connectivity index (χ3n) is 5.65. The second kappa shape index (κ2) is 10.2. The Morgan fingerprint density at radius 2 is 1.39 bits per heavy atom. The summed E-state index contributed by atoms with van der Waals surface area (Å²) in [6.07, 6.45) is 14.3. The zero-order valence-corrected chi connectivity index (χ0v) is 16.7. The molecule has 2 aliphatic carbocycles. The molecule has 2 rings (SSSR count). The van der Waals surface area contributed by atoms with E-state index in [1.54, 1.807) is 0 Å². The number of hydrogen-bond donors (Lipinski definition) is 1. The van der Waals surface area contributed by atoms with E-state index in [4.69, 9.17) is 8.85 Å². The van der Waals surface area contributed by atoms with Crippen LogP contribution >= 0.6 is 0 Å². The molecule has 136 valence electrons. The molecule has 0 amide bonds. The molecule has 0 aromatic heterocycles. The Morgan fingerprint density at radius 3 is 1.96 bits per heavy atom. The standard InChI is InChI=1S/C19H39NO2Si/c1-4-15-21-23(22-16-5-2,19-14-10-9-11-17(19)3)20-18-12-7-6-8-13-18/h17-20H,4-16H2,1-3H3. The fourth-order valence-corrected chi connectivity index (χ4v) is 8.63. The fraction of sp³-hybridized carbons (Fsp3) is 1.00. The molecular weight excluding hydrogens is 302 g/mol. The first-order valence-electron chi connectivity index (χ1n) is 10.3. The van der Waals surface area contributed by atoms with Crippen molar-refractivity contribution < 1.29 is 8.85 Å². The van der Waals surface area contributed by atoms with Crippen molar-refractivity contribution in [3.05, 3.63) is 0 Å². The minimum atomic E-state index is -2.34. The van der Waals surface area contributed by atoms with Crippen molar-refractivity contribution in [3.8, 4) is 0 Å². The van der Waals surface area contributed by atoms with Crippen molar-refractivity contribution >= 4 is 8.72 Å². The lowest BCUT2D eigenvalue weighted by Crippen LogP contribution is -2.64. The van der Waals surface area contributed by atoms with Gasteiger partial charge in [-0.1, -0.05) is 59.3 Å².